The van der Waals surface area contributed by atoms with Crippen LogP contribution in [0.2, 0.25) is 5.22 Å². The molecule has 0 aliphatic heterocycles. The van der Waals surface area contributed by atoms with Gasteiger partial charge in [0.25, 0.3) is 0 Å². The van der Waals surface area contributed by atoms with E-state index in [1.807, 2.05) is 0 Å². The second-order valence-electron chi connectivity index (χ2n) is 3.68. The maximum atomic E-state index is 6.08. The van der Waals surface area contributed by atoms with Gasteiger partial charge < -0.3 is 4.52 Å². The molecule has 70 valence electrons. The van der Waals surface area contributed by atoms with Crippen LogP contribution in [0.15, 0.2) is 4.52 Å². The number of rotatable bonds is 0. The summed E-state index contributed by atoms with van der Waals surface area (Å²) < 4.78 is 4.33. The van der Waals surface area contributed by atoms with Crippen molar-refractivity contribution in [3.05, 3.63) is 16.5 Å². The lowest BCUT2D eigenvalue weighted by Gasteiger charge is -2.04. The molecule has 5 heteroatoms. The predicted octanol–water partition coefficient (Wildman–Crippen LogP) is 2.85. The highest BCUT2D eigenvalue weighted by molar-refractivity contribution is 6.51. The zero-order valence-electron chi connectivity index (χ0n) is 6.56. The minimum absolute atomic E-state index is 0.334. The third-order valence-electron chi connectivity index (χ3n) is 3.02. The monoisotopic (exact) mass is 237 g/mol. The molecule has 0 spiro atoms. The van der Waals surface area contributed by atoms with Crippen LogP contribution in [0.1, 0.15) is 11.3 Å². The van der Waals surface area contributed by atoms with Crippen molar-refractivity contribution in [1.29, 1.82) is 0 Å². The van der Waals surface area contributed by atoms with Crippen molar-refractivity contribution in [2.45, 2.75) is 17.2 Å². The first-order valence-corrected chi connectivity index (χ1v) is 5.25. The van der Waals surface area contributed by atoms with Crippen LogP contribution >= 0.6 is 34.8 Å². The highest BCUT2D eigenvalue weighted by Gasteiger charge is 2.64. The molecule has 1 aromatic rings. The molecular weight excluding hydrogens is 232 g/mol. The minimum Gasteiger partial charge on any atom is -0.344 e. The molecule has 2 aliphatic carbocycles. The Morgan fingerprint density at radius 1 is 1.31 bits per heavy atom. The minimum atomic E-state index is -0.559. The first-order valence-electron chi connectivity index (χ1n) is 4.11. The van der Waals surface area contributed by atoms with Crippen LogP contribution in [0, 0.1) is 11.8 Å². The Morgan fingerprint density at radius 2 is 2.00 bits per heavy atom. The maximum absolute atomic E-state index is 6.08. The molecule has 0 saturated heterocycles. The van der Waals surface area contributed by atoms with E-state index in [1.165, 1.54) is 0 Å². The Hall–Kier alpha value is 0.0800. The van der Waals surface area contributed by atoms with E-state index in [0.29, 0.717) is 17.1 Å². The summed E-state index contributed by atoms with van der Waals surface area (Å²) in [6, 6.07) is 0. The Morgan fingerprint density at radius 3 is 2.77 bits per heavy atom. The summed E-state index contributed by atoms with van der Waals surface area (Å²) in [5.74, 6) is 0.671. The van der Waals surface area contributed by atoms with Gasteiger partial charge in [-0.05, 0) is 24.4 Å². The van der Waals surface area contributed by atoms with Crippen LogP contribution in [0.5, 0.6) is 0 Å². The third-order valence-corrected chi connectivity index (χ3v) is 4.44. The Kier molecular flexibility index (Phi) is 1.52. The van der Waals surface area contributed by atoms with Gasteiger partial charge in [0, 0.05) is 17.4 Å². The van der Waals surface area contributed by atoms with Gasteiger partial charge in [0.15, 0.2) is 0 Å². The summed E-state index contributed by atoms with van der Waals surface area (Å²) in [5, 5.41) is 4.27. The van der Waals surface area contributed by atoms with Gasteiger partial charge in [-0.25, -0.2) is 0 Å². The molecule has 0 amide bonds. The molecule has 2 aliphatic rings. The van der Waals surface area contributed by atoms with Crippen molar-refractivity contribution in [3.8, 4) is 0 Å². The average Bonchev–Trinajstić information content (AvgIpc) is 2.46. The van der Waals surface area contributed by atoms with Crippen LogP contribution < -0.4 is 0 Å². The standard InChI is InChI=1S/C8H6Cl3NO/c9-7-3-1-4-5(8(4,10)11)2-6(3)12-13-7/h4-5H,1-2H2/t4-,5+/m0/s1. The lowest BCUT2D eigenvalue weighted by Crippen LogP contribution is -2.03. The number of nitrogens with zero attached hydrogens (tertiary/aromatic N) is 1. The fourth-order valence-electron chi connectivity index (χ4n) is 2.12. The van der Waals surface area contributed by atoms with Gasteiger partial charge in [0.05, 0.1) is 5.69 Å². The maximum Gasteiger partial charge on any atom is 0.229 e. The van der Waals surface area contributed by atoms with Gasteiger partial charge in [-0.2, -0.15) is 0 Å². The summed E-state index contributed by atoms with van der Waals surface area (Å²) in [7, 11) is 0. The molecule has 1 heterocycles. The topological polar surface area (TPSA) is 26.0 Å². The molecule has 0 aromatic carbocycles. The normalized spacial score (nSPS) is 33.8. The van der Waals surface area contributed by atoms with E-state index in [9.17, 15) is 0 Å². The van der Waals surface area contributed by atoms with Crippen LogP contribution in [0.25, 0.3) is 0 Å². The summed E-state index contributed by atoms with van der Waals surface area (Å²) in [5.41, 5.74) is 1.92. The number of halogens is 3. The molecular formula is C8H6Cl3NO. The zero-order chi connectivity index (χ0) is 9.22. The third kappa shape index (κ3) is 0.997. The fraction of sp³-hybridized carbons (Fsp3) is 0.625. The number of alkyl halides is 2. The zero-order valence-corrected chi connectivity index (χ0v) is 8.83. The molecule has 0 radical (unpaired) electrons. The number of hydrogen-bond donors (Lipinski definition) is 0. The van der Waals surface area contributed by atoms with Crippen LogP contribution in [0.4, 0.5) is 0 Å². The van der Waals surface area contributed by atoms with Crippen molar-refractivity contribution in [2.24, 2.45) is 11.8 Å². The molecule has 1 aromatic heterocycles. The quantitative estimate of drug-likeness (QED) is 0.650. The van der Waals surface area contributed by atoms with E-state index >= 15 is 0 Å². The predicted molar refractivity (Wildman–Crippen MR) is 50.3 cm³/mol. The first kappa shape index (κ1) is 8.39. The van der Waals surface area contributed by atoms with E-state index < -0.39 is 4.33 Å². The molecule has 2 nitrogen and oxygen atoms in total. The summed E-state index contributed by atoms with van der Waals surface area (Å²) in [6.45, 7) is 0. The Bertz CT molecular complexity index is 373. The average molecular weight is 239 g/mol. The second kappa shape index (κ2) is 2.36. The van der Waals surface area contributed by atoms with Crippen molar-refractivity contribution in [2.75, 3.05) is 0 Å². The van der Waals surface area contributed by atoms with E-state index in [2.05, 4.69) is 5.16 Å². The van der Waals surface area contributed by atoms with Crippen LogP contribution in [0.3, 0.4) is 0 Å². The fourth-order valence-corrected chi connectivity index (χ4v) is 3.13. The van der Waals surface area contributed by atoms with Gasteiger partial charge in [-0.3, -0.25) is 0 Å². The van der Waals surface area contributed by atoms with Gasteiger partial charge in [0.2, 0.25) is 5.22 Å². The van der Waals surface area contributed by atoms with E-state index in [4.69, 9.17) is 39.3 Å². The first-order chi connectivity index (χ1) is 6.10. The van der Waals surface area contributed by atoms with Crippen LogP contribution in [-0.2, 0) is 12.8 Å². The summed E-state index contributed by atoms with van der Waals surface area (Å²) >= 11 is 18.0. The van der Waals surface area contributed by atoms with Crippen LogP contribution in [-0.4, -0.2) is 9.49 Å². The van der Waals surface area contributed by atoms with Gasteiger partial charge in [-0.1, -0.05) is 5.16 Å². The molecule has 1 saturated carbocycles. The lowest BCUT2D eigenvalue weighted by molar-refractivity contribution is 0.412. The highest BCUT2D eigenvalue weighted by Crippen LogP contribution is 2.64. The van der Waals surface area contributed by atoms with Gasteiger partial charge in [0.1, 0.15) is 4.33 Å². The molecule has 13 heavy (non-hydrogen) atoms. The molecule has 1 fully saturated rings. The molecule has 0 unspecified atom stereocenters. The molecule has 0 N–H and O–H groups in total. The second-order valence-corrected chi connectivity index (χ2v) is 5.46. The highest BCUT2D eigenvalue weighted by atomic mass is 35.5. The van der Waals surface area contributed by atoms with E-state index in [0.717, 1.165) is 24.1 Å². The lowest BCUT2D eigenvalue weighted by atomic mass is 9.99. The smallest absolute Gasteiger partial charge is 0.229 e. The largest absolute Gasteiger partial charge is 0.344 e. The summed E-state index contributed by atoms with van der Waals surface area (Å²) in [6.07, 6.45) is 1.60. The van der Waals surface area contributed by atoms with E-state index in [1.54, 1.807) is 0 Å². The number of aromatic nitrogens is 1. The Balaban J connectivity index is 2.00. The van der Waals surface area contributed by atoms with Gasteiger partial charge >= 0.3 is 0 Å². The van der Waals surface area contributed by atoms with Crippen molar-refractivity contribution in [1.82, 2.24) is 5.16 Å². The van der Waals surface area contributed by atoms with E-state index in [-0.39, 0.29) is 0 Å². The number of fused-ring (bicyclic) bond motifs is 2. The number of hydrogen-bond acceptors (Lipinski definition) is 2. The van der Waals surface area contributed by atoms with Gasteiger partial charge in [-0.15, -0.1) is 23.2 Å². The molecule has 0 bridgehead atoms. The Labute approximate surface area is 90.1 Å². The SMILES string of the molecule is Clc1onc2c1C[C@H]1[C@@H](C2)C1(Cl)Cl. The van der Waals surface area contributed by atoms with Crippen molar-refractivity contribution < 1.29 is 4.52 Å². The van der Waals surface area contributed by atoms with Crippen molar-refractivity contribution in [3.63, 3.8) is 0 Å². The molecule has 3 rings (SSSR count). The molecule has 2 atom stereocenters. The summed E-state index contributed by atoms with van der Waals surface area (Å²) in [4.78, 5) is 0. The van der Waals surface area contributed by atoms with Crippen molar-refractivity contribution >= 4 is 34.8 Å².